The lowest BCUT2D eigenvalue weighted by molar-refractivity contribution is -0.117. The van der Waals surface area contributed by atoms with Crippen LogP contribution < -0.4 is 10.6 Å². The van der Waals surface area contributed by atoms with E-state index in [0.29, 0.717) is 5.02 Å². The second-order valence-electron chi connectivity index (χ2n) is 6.77. The number of nitrogens with zero attached hydrogens (tertiary/aromatic N) is 1. The quantitative estimate of drug-likeness (QED) is 0.635. The Labute approximate surface area is 157 Å². The molecule has 0 spiro atoms. The number of fused-ring (bicyclic) bond motifs is 1. The normalized spacial score (nSPS) is 14.8. The molecule has 4 nitrogen and oxygen atoms in total. The molecule has 1 heterocycles. The van der Waals surface area contributed by atoms with E-state index in [1.165, 1.54) is 0 Å². The second kappa shape index (κ2) is 6.96. The van der Waals surface area contributed by atoms with Gasteiger partial charge in [-0.05, 0) is 61.7 Å². The number of benzene rings is 2. The maximum absolute atomic E-state index is 11.8. The van der Waals surface area contributed by atoms with Gasteiger partial charge in [-0.2, -0.15) is 0 Å². The first-order valence-corrected chi connectivity index (χ1v) is 9.19. The summed E-state index contributed by atoms with van der Waals surface area (Å²) in [4.78, 5) is 16.2. The van der Waals surface area contributed by atoms with Gasteiger partial charge in [-0.15, -0.1) is 0 Å². The van der Waals surface area contributed by atoms with Crippen LogP contribution in [0, 0.1) is 5.92 Å². The molecule has 1 aromatic heterocycles. The van der Waals surface area contributed by atoms with Crippen LogP contribution in [0.15, 0.2) is 54.7 Å². The summed E-state index contributed by atoms with van der Waals surface area (Å²) in [5, 5.41) is 8.23. The third kappa shape index (κ3) is 3.65. The van der Waals surface area contributed by atoms with Crippen molar-refractivity contribution < 1.29 is 4.79 Å². The highest BCUT2D eigenvalue weighted by Crippen LogP contribution is 2.31. The number of anilines is 2. The molecule has 1 unspecified atom stereocenters. The molecule has 1 fully saturated rings. The van der Waals surface area contributed by atoms with E-state index in [4.69, 9.17) is 11.6 Å². The van der Waals surface area contributed by atoms with E-state index in [1.807, 2.05) is 48.5 Å². The molecule has 4 rings (SSSR count). The van der Waals surface area contributed by atoms with Crippen LogP contribution in [0.3, 0.4) is 0 Å². The number of amides is 1. The van der Waals surface area contributed by atoms with Crippen LogP contribution in [-0.2, 0) is 4.79 Å². The predicted octanol–water partition coefficient (Wildman–Crippen LogP) is 5.41. The predicted molar refractivity (Wildman–Crippen MR) is 107 cm³/mol. The Bertz CT molecular complexity index is 951. The van der Waals surface area contributed by atoms with Crippen LogP contribution in [-0.4, -0.2) is 10.9 Å². The van der Waals surface area contributed by atoms with Gasteiger partial charge in [-0.1, -0.05) is 23.7 Å². The number of aromatic nitrogens is 1. The van der Waals surface area contributed by atoms with Crippen molar-refractivity contribution in [3.05, 3.63) is 65.3 Å². The summed E-state index contributed by atoms with van der Waals surface area (Å²) < 4.78 is 0. The number of rotatable bonds is 5. The van der Waals surface area contributed by atoms with E-state index in [-0.39, 0.29) is 17.9 Å². The van der Waals surface area contributed by atoms with E-state index in [2.05, 4.69) is 22.5 Å². The molecule has 0 saturated heterocycles. The number of pyridine rings is 1. The van der Waals surface area contributed by atoms with Crippen LogP contribution >= 0.6 is 11.6 Å². The molecule has 0 radical (unpaired) electrons. The molecule has 0 bridgehead atoms. The average Bonchev–Trinajstić information content (AvgIpc) is 3.47. The van der Waals surface area contributed by atoms with Crippen molar-refractivity contribution in [3.63, 3.8) is 0 Å². The molecule has 3 aromatic rings. The highest BCUT2D eigenvalue weighted by atomic mass is 35.5. The maximum Gasteiger partial charge on any atom is 0.227 e. The fourth-order valence-corrected chi connectivity index (χ4v) is 3.18. The minimum atomic E-state index is 0.115. The molecule has 1 amide bonds. The smallest absolute Gasteiger partial charge is 0.227 e. The molecule has 5 heteroatoms. The van der Waals surface area contributed by atoms with Crippen LogP contribution in [0.4, 0.5) is 11.4 Å². The van der Waals surface area contributed by atoms with E-state index in [0.717, 1.165) is 40.7 Å². The topological polar surface area (TPSA) is 54.0 Å². The third-order valence-corrected chi connectivity index (χ3v) is 4.94. The van der Waals surface area contributed by atoms with Gasteiger partial charge >= 0.3 is 0 Å². The monoisotopic (exact) mass is 365 g/mol. The summed E-state index contributed by atoms with van der Waals surface area (Å²) in [6, 6.07) is 15.8. The fraction of sp³-hybridized carbons (Fsp3) is 0.238. The zero-order valence-electron chi connectivity index (χ0n) is 14.5. The lowest BCUT2D eigenvalue weighted by atomic mass is 10.1. The van der Waals surface area contributed by atoms with Gasteiger partial charge in [-0.25, -0.2) is 0 Å². The lowest BCUT2D eigenvalue weighted by Crippen LogP contribution is -2.13. The van der Waals surface area contributed by atoms with Gasteiger partial charge < -0.3 is 10.6 Å². The fourth-order valence-electron chi connectivity index (χ4n) is 3.01. The summed E-state index contributed by atoms with van der Waals surface area (Å²) in [7, 11) is 0. The lowest BCUT2D eigenvalue weighted by Gasteiger charge is -2.18. The third-order valence-electron chi connectivity index (χ3n) is 4.70. The van der Waals surface area contributed by atoms with Gasteiger partial charge in [0.25, 0.3) is 0 Å². The Hall–Kier alpha value is -2.59. The van der Waals surface area contributed by atoms with Gasteiger partial charge in [0.15, 0.2) is 0 Å². The van der Waals surface area contributed by atoms with E-state index in [9.17, 15) is 4.79 Å². The Kier molecular flexibility index (Phi) is 4.51. The zero-order valence-corrected chi connectivity index (χ0v) is 15.3. The molecule has 1 saturated carbocycles. The van der Waals surface area contributed by atoms with Crippen LogP contribution in [0.1, 0.15) is 31.4 Å². The van der Waals surface area contributed by atoms with Crippen LogP contribution in [0.25, 0.3) is 10.9 Å². The minimum Gasteiger partial charge on any atom is -0.378 e. The van der Waals surface area contributed by atoms with Crippen molar-refractivity contribution >= 4 is 39.8 Å². The molecule has 1 atom stereocenters. The standard InChI is InChI=1S/C21H20ClN3O/c1-13(14-4-7-17(8-5-14)25-21(26)15-2-3-15)24-19-10-11-23-20-12-16(22)6-9-18(19)20/h4-13,15H,2-3H2,1H3,(H,23,24)(H,25,26). The number of hydrogen-bond acceptors (Lipinski definition) is 3. The average molecular weight is 366 g/mol. The molecular formula is C21H20ClN3O. The number of carbonyl (C=O) groups is 1. The Morgan fingerprint density at radius 1 is 1.15 bits per heavy atom. The molecule has 26 heavy (non-hydrogen) atoms. The van der Waals surface area contributed by atoms with Crippen LogP contribution in [0.2, 0.25) is 5.02 Å². The first-order chi connectivity index (χ1) is 12.6. The Morgan fingerprint density at radius 3 is 2.65 bits per heavy atom. The SMILES string of the molecule is CC(Nc1ccnc2cc(Cl)ccc12)c1ccc(NC(=O)C2CC2)cc1. The summed E-state index contributed by atoms with van der Waals surface area (Å²) in [6.45, 7) is 2.11. The van der Waals surface area contributed by atoms with Crippen molar-refractivity contribution in [2.75, 3.05) is 10.6 Å². The van der Waals surface area contributed by atoms with Gasteiger partial charge in [-0.3, -0.25) is 9.78 Å². The van der Waals surface area contributed by atoms with Gasteiger partial charge in [0.05, 0.1) is 5.52 Å². The van der Waals surface area contributed by atoms with Crippen molar-refractivity contribution in [1.82, 2.24) is 4.98 Å². The van der Waals surface area contributed by atoms with E-state index < -0.39 is 0 Å². The van der Waals surface area contributed by atoms with Crippen molar-refractivity contribution in [2.45, 2.75) is 25.8 Å². The van der Waals surface area contributed by atoms with Gasteiger partial charge in [0, 0.05) is 39.9 Å². The van der Waals surface area contributed by atoms with Crippen molar-refractivity contribution in [1.29, 1.82) is 0 Å². The second-order valence-corrected chi connectivity index (χ2v) is 7.21. The molecule has 132 valence electrons. The largest absolute Gasteiger partial charge is 0.378 e. The van der Waals surface area contributed by atoms with Crippen molar-refractivity contribution in [3.8, 4) is 0 Å². The summed E-state index contributed by atoms with van der Waals surface area (Å²) in [6.07, 6.45) is 3.80. The minimum absolute atomic E-state index is 0.115. The van der Waals surface area contributed by atoms with E-state index >= 15 is 0 Å². The first kappa shape index (κ1) is 16.9. The summed E-state index contributed by atoms with van der Waals surface area (Å²) in [5.41, 5.74) is 3.88. The molecule has 0 aliphatic heterocycles. The summed E-state index contributed by atoms with van der Waals surface area (Å²) in [5.74, 6) is 0.342. The summed E-state index contributed by atoms with van der Waals surface area (Å²) >= 11 is 6.06. The Morgan fingerprint density at radius 2 is 1.92 bits per heavy atom. The van der Waals surface area contributed by atoms with E-state index in [1.54, 1.807) is 6.20 Å². The molecule has 1 aliphatic rings. The molecular weight excluding hydrogens is 346 g/mol. The molecule has 2 N–H and O–H groups in total. The number of halogens is 1. The number of nitrogens with one attached hydrogen (secondary N) is 2. The molecule has 1 aliphatic carbocycles. The first-order valence-electron chi connectivity index (χ1n) is 8.82. The number of hydrogen-bond donors (Lipinski definition) is 2. The van der Waals surface area contributed by atoms with Crippen molar-refractivity contribution in [2.24, 2.45) is 5.92 Å². The number of carbonyl (C=O) groups excluding carboxylic acids is 1. The zero-order chi connectivity index (χ0) is 18.1. The van der Waals surface area contributed by atoms with Gasteiger partial charge in [0.2, 0.25) is 5.91 Å². The molecule has 2 aromatic carbocycles. The van der Waals surface area contributed by atoms with Gasteiger partial charge in [0.1, 0.15) is 0 Å². The van der Waals surface area contributed by atoms with Crippen LogP contribution in [0.5, 0.6) is 0 Å². The maximum atomic E-state index is 11.8. The highest BCUT2D eigenvalue weighted by molar-refractivity contribution is 6.31. The Balaban J connectivity index is 1.49. The highest BCUT2D eigenvalue weighted by Gasteiger charge is 2.29.